The summed E-state index contributed by atoms with van der Waals surface area (Å²) in [4.78, 5) is 28.8. The van der Waals surface area contributed by atoms with E-state index in [1.807, 2.05) is 104 Å². The summed E-state index contributed by atoms with van der Waals surface area (Å²) in [5, 5.41) is 4.98. The molecule has 6 heteroatoms. The van der Waals surface area contributed by atoms with Crippen LogP contribution in [0.1, 0.15) is 24.5 Å². The first-order valence-corrected chi connectivity index (χ1v) is 13.3. The van der Waals surface area contributed by atoms with Crippen molar-refractivity contribution in [3.63, 3.8) is 0 Å². The summed E-state index contributed by atoms with van der Waals surface area (Å²) in [5.74, 6) is 0.226. The van der Waals surface area contributed by atoms with Crippen molar-refractivity contribution in [1.82, 2.24) is 10.2 Å². The van der Waals surface area contributed by atoms with Gasteiger partial charge in [-0.2, -0.15) is 0 Å². The number of fused-ring (bicyclic) bond motifs is 1. The van der Waals surface area contributed by atoms with Crippen LogP contribution in [0.2, 0.25) is 0 Å². The molecule has 0 aliphatic rings. The Morgan fingerprint density at radius 2 is 1.59 bits per heavy atom. The standard InChI is InChI=1S/C31H31BrN2O3/c1-2-18-33-31(36)28(20-23-10-4-3-5-11-23)34(21-24-12-8-15-26(32)19-24)30(35)22-37-29-17-9-14-25-13-6-7-16-27(25)29/h3-17,19,28H,2,18,20-22H2,1H3,(H,33,36)/t28-/m0/s1. The zero-order chi connectivity index (χ0) is 26.0. The molecule has 0 unspecified atom stereocenters. The van der Waals surface area contributed by atoms with Crippen molar-refractivity contribution in [3.05, 3.63) is 113 Å². The molecule has 0 spiro atoms. The molecule has 0 bridgehead atoms. The molecule has 190 valence electrons. The molecule has 4 aromatic rings. The quantitative estimate of drug-likeness (QED) is 0.240. The summed E-state index contributed by atoms with van der Waals surface area (Å²) in [5.41, 5.74) is 1.91. The number of halogens is 1. The van der Waals surface area contributed by atoms with E-state index in [9.17, 15) is 9.59 Å². The molecule has 0 saturated heterocycles. The minimum absolute atomic E-state index is 0.167. The van der Waals surface area contributed by atoms with Crippen molar-refractivity contribution >= 4 is 38.5 Å². The molecule has 5 nitrogen and oxygen atoms in total. The van der Waals surface area contributed by atoms with Crippen LogP contribution in [0.3, 0.4) is 0 Å². The average Bonchev–Trinajstić information content (AvgIpc) is 2.93. The van der Waals surface area contributed by atoms with Crippen molar-refractivity contribution in [3.8, 4) is 5.75 Å². The fourth-order valence-electron chi connectivity index (χ4n) is 4.30. The molecule has 0 fully saturated rings. The van der Waals surface area contributed by atoms with E-state index in [4.69, 9.17) is 4.74 Å². The van der Waals surface area contributed by atoms with E-state index >= 15 is 0 Å². The Labute approximate surface area is 226 Å². The molecular weight excluding hydrogens is 528 g/mol. The van der Waals surface area contributed by atoms with Gasteiger partial charge in [0.2, 0.25) is 5.91 Å². The van der Waals surface area contributed by atoms with Gasteiger partial charge in [0.25, 0.3) is 5.91 Å². The third-order valence-electron chi connectivity index (χ3n) is 6.16. The van der Waals surface area contributed by atoms with E-state index < -0.39 is 6.04 Å². The van der Waals surface area contributed by atoms with Crippen LogP contribution in [0.5, 0.6) is 5.75 Å². The molecule has 0 heterocycles. The number of nitrogens with zero attached hydrogens (tertiary/aromatic N) is 1. The molecular formula is C31H31BrN2O3. The SMILES string of the molecule is CCCNC(=O)[C@H](Cc1ccccc1)N(Cc1cccc(Br)c1)C(=O)COc1cccc2ccccc12. The molecule has 37 heavy (non-hydrogen) atoms. The highest BCUT2D eigenvalue weighted by Gasteiger charge is 2.30. The second-order valence-corrected chi connectivity index (χ2v) is 9.83. The van der Waals surface area contributed by atoms with Crippen LogP contribution < -0.4 is 10.1 Å². The van der Waals surface area contributed by atoms with E-state index in [1.165, 1.54) is 0 Å². The normalized spacial score (nSPS) is 11.6. The molecule has 0 radical (unpaired) electrons. The number of benzene rings is 4. The minimum atomic E-state index is -0.684. The Balaban J connectivity index is 1.63. The summed E-state index contributed by atoms with van der Waals surface area (Å²) in [6.07, 6.45) is 1.22. The third-order valence-corrected chi connectivity index (χ3v) is 6.66. The molecule has 1 atom stereocenters. The fourth-order valence-corrected chi connectivity index (χ4v) is 4.74. The largest absolute Gasteiger partial charge is 0.483 e. The van der Waals surface area contributed by atoms with Crippen LogP contribution >= 0.6 is 15.9 Å². The van der Waals surface area contributed by atoms with Gasteiger partial charge < -0.3 is 15.0 Å². The molecule has 0 aliphatic heterocycles. The molecule has 0 aliphatic carbocycles. The van der Waals surface area contributed by atoms with Gasteiger partial charge in [0.1, 0.15) is 11.8 Å². The first-order chi connectivity index (χ1) is 18.0. The Kier molecular flexibility index (Phi) is 9.33. The van der Waals surface area contributed by atoms with Crippen molar-refractivity contribution in [1.29, 1.82) is 0 Å². The first-order valence-electron chi connectivity index (χ1n) is 12.5. The summed E-state index contributed by atoms with van der Waals surface area (Å²) in [6, 6.07) is 30.6. The average molecular weight is 560 g/mol. The number of carbonyl (C=O) groups excluding carboxylic acids is 2. The highest BCUT2D eigenvalue weighted by atomic mass is 79.9. The van der Waals surface area contributed by atoms with Crippen molar-refractivity contribution in [2.45, 2.75) is 32.4 Å². The number of hydrogen-bond donors (Lipinski definition) is 1. The smallest absolute Gasteiger partial charge is 0.261 e. The summed E-state index contributed by atoms with van der Waals surface area (Å²) in [7, 11) is 0. The van der Waals surface area contributed by atoms with Gasteiger partial charge in [-0.3, -0.25) is 9.59 Å². The lowest BCUT2D eigenvalue weighted by molar-refractivity contribution is -0.142. The second-order valence-electron chi connectivity index (χ2n) is 8.91. The lowest BCUT2D eigenvalue weighted by Crippen LogP contribution is -2.51. The van der Waals surface area contributed by atoms with Gasteiger partial charge in [-0.1, -0.05) is 102 Å². The zero-order valence-electron chi connectivity index (χ0n) is 20.9. The summed E-state index contributed by atoms with van der Waals surface area (Å²) < 4.78 is 6.97. The maximum atomic E-state index is 13.8. The van der Waals surface area contributed by atoms with Gasteiger partial charge in [-0.15, -0.1) is 0 Å². The second kappa shape index (κ2) is 13.1. The lowest BCUT2D eigenvalue weighted by atomic mass is 10.0. The molecule has 0 aromatic heterocycles. The fraction of sp³-hybridized carbons (Fsp3) is 0.226. The number of rotatable bonds is 11. The lowest BCUT2D eigenvalue weighted by Gasteiger charge is -2.31. The van der Waals surface area contributed by atoms with E-state index in [-0.39, 0.29) is 25.0 Å². The molecule has 1 N–H and O–H groups in total. The first kappa shape index (κ1) is 26.4. The highest BCUT2D eigenvalue weighted by Crippen LogP contribution is 2.25. The van der Waals surface area contributed by atoms with Crippen LogP contribution in [0, 0.1) is 0 Å². The predicted molar refractivity (Wildman–Crippen MR) is 151 cm³/mol. The predicted octanol–water partition coefficient (Wildman–Crippen LogP) is 6.15. The van der Waals surface area contributed by atoms with Gasteiger partial charge in [0.05, 0.1) is 0 Å². The molecule has 4 aromatic carbocycles. The van der Waals surface area contributed by atoms with Gasteiger partial charge in [-0.05, 0) is 41.1 Å². The van der Waals surface area contributed by atoms with Crippen molar-refractivity contribution in [2.24, 2.45) is 0 Å². The molecule has 0 saturated carbocycles. The van der Waals surface area contributed by atoms with E-state index in [1.54, 1.807) is 4.90 Å². The Bertz CT molecular complexity index is 1340. The van der Waals surface area contributed by atoms with E-state index in [0.29, 0.717) is 18.7 Å². The Hall–Kier alpha value is -3.64. The van der Waals surface area contributed by atoms with Gasteiger partial charge in [-0.25, -0.2) is 0 Å². The Morgan fingerprint density at radius 1 is 0.892 bits per heavy atom. The maximum absolute atomic E-state index is 13.8. The maximum Gasteiger partial charge on any atom is 0.261 e. The number of hydrogen-bond acceptors (Lipinski definition) is 3. The van der Waals surface area contributed by atoms with Gasteiger partial charge in [0.15, 0.2) is 6.61 Å². The minimum Gasteiger partial charge on any atom is -0.483 e. The monoisotopic (exact) mass is 558 g/mol. The molecule has 4 rings (SSSR count). The number of ether oxygens (including phenoxy) is 1. The number of nitrogens with one attached hydrogen (secondary N) is 1. The van der Waals surface area contributed by atoms with Crippen LogP contribution in [-0.2, 0) is 22.6 Å². The Morgan fingerprint density at radius 3 is 2.38 bits per heavy atom. The van der Waals surface area contributed by atoms with E-state index in [2.05, 4.69) is 21.2 Å². The highest BCUT2D eigenvalue weighted by molar-refractivity contribution is 9.10. The van der Waals surface area contributed by atoms with Crippen LogP contribution in [-0.4, -0.2) is 35.9 Å². The summed E-state index contributed by atoms with van der Waals surface area (Å²) in [6.45, 7) is 2.67. The van der Waals surface area contributed by atoms with Crippen molar-refractivity contribution in [2.75, 3.05) is 13.2 Å². The van der Waals surface area contributed by atoms with Gasteiger partial charge >= 0.3 is 0 Å². The van der Waals surface area contributed by atoms with Crippen LogP contribution in [0.25, 0.3) is 10.8 Å². The topological polar surface area (TPSA) is 58.6 Å². The number of amides is 2. The van der Waals surface area contributed by atoms with E-state index in [0.717, 1.165) is 32.8 Å². The summed E-state index contributed by atoms with van der Waals surface area (Å²) >= 11 is 3.52. The van der Waals surface area contributed by atoms with Crippen LogP contribution in [0.15, 0.2) is 102 Å². The molecule has 2 amide bonds. The number of carbonyl (C=O) groups is 2. The zero-order valence-corrected chi connectivity index (χ0v) is 22.5. The van der Waals surface area contributed by atoms with Gasteiger partial charge in [0, 0.05) is 29.4 Å². The van der Waals surface area contributed by atoms with Crippen molar-refractivity contribution < 1.29 is 14.3 Å². The van der Waals surface area contributed by atoms with Crippen LogP contribution in [0.4, 0.5) is 0 Å². The third kappa shape index (κ3) is 7.20.